The van der Waals surface area contributed by atoms with Gasteiger partial charge in [-0.05, 0) is 19.4 Å². The van der Waals surface area contributed by atoms with Crippen molar-refractivity contribution in [3.63, 3.8) is 0 Å². The summed E-state index contributed by atoms with van der Waals surface area (Å²) < 4.78 is 5.74. The van der Waals surface area contributed by atoms with Gasteiger partial charge in [-0.1, -0.05) is 33.1 Å². The molecule has 17 heavy (non-hydrogen) atoms. The number of hydrogen-bond donors (Lipinski definition) is 1. The van der Waals surface area contributed by atoms with Crippen LogP contribution in [0.1, 0.15) is 39.5 Å². The maximum Gasteiger partial charge on any atom is 0.0826 e. The zero-order valence-corrected chi connectivity index (χ0v) is 11.9. The van der Waals surface area contributed by atoms with Gasteiger partial charge in [-0.3, -0.25) is 0 Å². The van der Waals surface area contributed by atoms with Gasteiger partial charge in [0, 0.05) is 26.2 Å². The lowest BCUT2D eigenvalue weighted by Crippen LogP contribution is -2.45. The van der Waals surface area contributed by atoms with Crippen LogP contribution in [0.2, 0.25) is 0 Å². The van der Waals surface area contributed by atoms with Gasteiger partial charge in [0.1, 0.15) is 0 Å². The zero-order valence-electron chi connectivity index (χ0n) is 11.9. The van der Waals surface area contributed by atoms with Crippen LogP contribution in [0.5, 0.6) is 0 Å². The molecule has 1 aliphatic rings. The van der Waals surface area contributed by atoms with E-state index in [0.717, 1.165) is 32.2 Å². The third-order valence-electron chi connectivity index (χ3n) is 3.63. The van der Waals surface area contributed by atoms with Gasteiger partial charge in [0.05, 0.1) is 12.7 Å². The molecule has 1 heterocycles. The molecule has 3 heteroatoms. The predicted octanol–water partition coefficient (Wildman–Crippen LogP) is 2.12. The van der Waals surface area contributed by atoms with Gasteiger partial charge in [-0.2, -0.15) is 0 Å². The zero-order chi connectivity index (χ0) is 12.5. The van der Waals surface area contributed by atoms with E-state index in [-0.39, 0.29) is 0 Å². The highest BCUT2D eigenvalue weighted by molar-refractivity contribution is 4.72. The number of hydrogen-bond acceptors (Lipinski definition) is 3. The summed E-state index contributed by atoms with van der Waals surface area (Å²) in [5.74, 6) is 0.858. The number of unbranched alkanes of at least 4 members (excludes halogenated alkanes) is 1. The Hall–Kier alpha value is -0.120. The summed E-state index contributed by atoms with van der Waals surface area (Å²) in [6.07, 6.45) is 5.75. The third kappa shape index (κ3) is 6.39. The Labute approximate surface area is 107 Å². The molecule has 1 saturated heterocycles. The van der Waals surface area contributed by atoms with Crippen LogP contribution in [0.4, 0.5) is 0 Å². The lowest BCUT2D eigenvalue weighted by molar-refractivity contribution is 0.00752. The molecule has 1 N–H and O–H groups in total. The first-order chi connectivity index (χ1) is 8.26. The normalized spacial score (nSPS) is 22.9. The van der Waals surface area contributed by atoms with Gasteiger partial charge in [-0.15, -0.1) is 0 Å². The van der Waals surface area contributed by atoms with Crippen LogP contribution >= 0.6 is 0 Å². The van der Waals surface area contributed by atoms with Crippen molar-refractivity contribution in [3.8, 4) is 0 Å². The van der Waals surface area contributed by atoms with Crippen molar-refractivity contribution < 1.29 is 4.74 Å². The SMILES string of the molecule is CCCCC(CC)CN(C)CC1CNCCO1. The van der Waals surface area contributed by atoms with E-state index < -0.39 is 0 Å². The van der Waals surface area contributed by atoms with E-state index in [0.29, 0.717) is 6.10 Å². The van der Waals surface area contributed by atoms with Crippen molar-refractivity contribution in [2.24, 2.45) is 5.92 Å². The molecule has 2 unspecified atom stereocenters. The minimum absolute atomic E-state index is 0.387. The van der Waals surface area contributed by atoms with Gasteiger partial charge in [0.25, 0.3) is 0 Å². The number of morpholine rings is 1. The molecule has 0 aromatic heterocycles. The highest BCUT2D eigenvalue weighted by Gasteiger charge is 2.17. The summed E-state index contributed by atoms with van der Waals surface area (Å²) in [7, 11) is 2.23. The molecule has 0 amide bonds. The Kier molecular flexibility index (Phi) is 7.82. The molecule has 0 aliphatic carbocycles. The number of nitrogens with zero attached hydrogens (tertiary/aromatic N) is 1. The van der Waals surface area contributed by atoms with Gasteiger partial charge in [0.15, 0.2) is 0 Å². The van der Waals surface area contributed by atoms with Crippen LogP contribution in [0.25, 0.3) is 0 Å². The summed E-state index contributed by atoms with van der Waals surface area (Å²) in [6.45, 7) is 9.76. The minimum Gasteiger partial charge on any atom is -0.374 e. The van der Waals surface area contributed by atoms with Gasteiger partial charge < -0.3 is 15.0 Å². The second-order valence-corrected chi connectivity index (χ2v) is 5.33. The van der Waals surface area contributed by atoms with Crippen LogP contribution in [-0.4, -0.2) is 50.8 Å². The average Bonchev–Trinajstić information content (AvgIpc) is 2.35. The van der Waals surface area contributed by atoms with Gasteiger partial charge in [-0.25, -0.2) is 0 Å². The summed E-state index contributed by atoms with van der Waals surface area (Å²) in [4.78, 5) is 2.45. The van der Waals surface area contributed by atoms with E-state index in [1.165, 1.54) is 32.2 Å². The summed E-state index contributed by atoms with van der Waals surface area (Å²) in [5, 5.41) is 3.39. The van der Waals surface area contributed by atoms with Crippen LogP contribution in [0.3, 0.4) is 0 Å². The maximum atomic E-state index is 5.74. The second kappa shape index (κ2) is 8.90. The molecule has 0 spiro atoms. The van der Waals surface area contributed by atoms with E-state index in [9.17, 15) is 0 Å². The van der Waals surface area contributed by atoms with Crippen molar-refractivity contribution in [2.45, 2.75) is 45.6 Å². The van der Waals surface area contributed by atoms with Crippen molar-refractivity contribution in [1.82, 2.24) is 10.2 Å². The fraction of sp³-hybridized carbons (Fsp3) is 1.00. The Morgan fingerprint density at radius 3 is 2.82 bits per heavy atom. The van der Waals surface area contributed by atoms with Gasteiger partial charge in [0.2, 0.25) is 0 Å². The number of likely N-dealkylation sites (N-methyl/N-ethyl adjacent to an activating group) is 1. The summed E-state index contributed by atoms with van der Waals surface area (Å²) in [6, 6.07) is 0. The molecule has 0 aromatic carbocycles. The summed E-state index contributed by atoms with van der Waals surface area (Å²) >= 11 is 0. The first-order valence-corrected chi connectivity index (χ1v) is 7.27. The Morgan fingerprint density at radius 1 is 1.41 bits per heavy atom. The smallest absolute Gasteiger partial charge is 0.0826 e. The van der Waals surface area contributed by atoms with Crippen LogP contribution in [0.15, 0.2) is 0 Å². The number of ether oxygens (including phenoxy) is 1. The standard InChI is InChI=1S/C14H30N2O/c1-4-6-7-13(5-2)11-16(3)12-14-10-15-8-9-17-14/h13-15H,4-12H2,1-3H3. The fourth-order valence-corrected chi connectivity index (χ4v) is 2.52. The molecule has 0 aromatic rings. The quantitative estimate of drug-likeness (QED) is 0.705. The Morgan fingerprint density at radius 2 is 2.24 bits per heavy atom. The molecule has 2 atom stereocenters. The van der Waals surface area contributed by atoms with Crippen LogP contribution in [-0.2, 0) is 4.74 Å². The third-order valence-corrected chi connectivity index (χ3v) is 3.63. The highest BCUT2D eigenvalue weighted by atomic mass is 16.5. The second-order valence-electron chi connectivity index (χ2n) is 5.33. The molecular weight excluding hydrogens is 212 g/mol. The molecule has 102 valence electrons. The molecule has 1 aliphatic heterocycles. The van der Waals surface area contributed by atoms with Crippen molar-refractivity contribution in [2.75, 3.05) is 39.8 Å². The largest absolute Gasteiger partial charge is 0.374 e. The van der Waals surface area contributed by atoms with E-state index in [2.05, 4.69) is 31.1 Å². The Balaban J connectivity index is 2.18. The Bertz CT molecular complexity index is 181. The predicted molar refractivity (Wildman–Crippen MR) is 73.4 cm³/mol. The molecule has 1 rings (SSSR count). The first-order valence-electron chi connectivity index (χ1n) is 7.27. The van der Waals surface area contributed by atoms with Crippen LogP contribution < -0.4 is 5.32 Å². The molecule has 1 fully saturated rings. The average molecular weight is 242 g/mol. The lowest BCUT2D eigenvalue weighted by atomic mass is 9.99. The van der Waals surface area contributed by atoms with Crippen molar-refractivity contribution in [1.29, 1.82) is 0 Å². The fourth-order valence-electron chi connectivity index (χ4n) is 2.52. The molecule has 0 saturated carbocycles. The molecule has 0 bridgehead atoms. The molecule has 3 nitrogen and oxygen atoms in total. The number of rotatable bonds is 8. The van der Waals surface area contributed by atoms with Gasteiger partial charge >= 0.3 is 0 Å². The minimum atomic E-state index is 0.387. The van der Waals surface area contributed by atoms with Crippen LogP contribution in [0, 0.1) is 5.92 Å². The van der Waals surface area contributed by atoms with E-state index >= 15 is 0 Å². The van der Waals surface area contributed by atoms with Crippen molar-refractivity contribution >= 4 is 0 Å². The summed E-state index contributed by atoms with van der Waals surface area (Å²) in [5.41, 5.74) is 0. The highest BCUT2D eigenvalue weighted by Crippen LogP contribution is 2.14. The van der Waals surface area contributed by atoms with E-state index in [4.69, 9.17) is 4.74 Å². The monoisotopic (exact) mass is 242 g/mol. The topological polar surface area (TPSA) is 24.5 Å². The van der Waals surface area contributed by atoms with E-state index in [1.54, 1.807) is 0 Å². The molecular formula is C14H30N2O. The number of nitrogens with one attached hydrogen (secondary N) is 1. The lowest BCUT2D eigenvalue weighted by Gasteiger charge is -2.30. The van der Waals surface area contributed by atoms with E-state index in [1.807, 2.05) is 0 Å². The molecule has 0 radical (unpaired) electrons. The maximum absolute atomic E-state index is 5.74. The van der Waals surface area contributed by atoms with Crippen molar-refractivity contribution in [3.05, 3.63) is 0 Å². The first kappa shape index (κ1) is 14.9.